The lowest BCUT2D eigenvalue weighted by atomic mass is 10.2. The minimum atomic E-state index is 0.828. The van der Waals surface area contributed by atoms with Crippen molar-refractivity contribution in [1.29, 1.82) is 0 Å². The van der Waals surface area contributed by atoms with Crippen molar-refractivity contribution in [2.24, 2.45) is 0 Å². The van der Waals surface area contributed by atoms with Crippen molar-refractivity contribution in [3.05, 3.63) is 34.9 Å². The third-order valence-electron chi connectivity index (χ3n) is 1.30. The molecule has 0 unspecified atom stereocenters. The normalized spacial score (nSPS) is 8.36. The van der Waals surface area contributed by atoms with Crippen molar-refractivity contribution in [2.45, 2.75) is 27.2 Å². The monoisotopic (exact) mass is 170 g/mol. The number of hydrogen-bond donors (Lipinski definition) is 0. The second-order valence-electron chi connectivity index (χ2n) is 1.98. The van der Waals surface area contributed by atoms with Gasteiger partial charge in [-0.2, -0.15) is 0 Å². The smallest absolute Gasteiger partial charge is 0.0408 e. The quantitative estimate of drug-likeness (QED) is 0.599. The van der Waals surface area contributed by atoms with E-state index in [1.54, 1.807) is 0 Å². The van der Waals surface area contributed by atoms with Gasteiger partial charge in [0.15, 0.2) is 0 Å². The van der Waals surface area contributed by atoms with Crippen molar-refractivity contribution in [2.75, 3.05) is 0 Å². The number of halogens is 1. The molecule has 0 aliphatic rings. The summed E-state index contributed by atoms with van der Waals surface area (Å²) < 4.78 is 0. The Kier molecular flexibility index (Phi) is 5.96. The van der Waals surface area contributed by atoms with Crippen molar-refractivity contribution < 1.29 is 0 Å². The van der Waals surface area contributed by atoms with Crippen molar-refractivity contribution in [3.63, 3.8) is 0 Å². The van der Waals surface area contributed by atoms with Crippen molar-refractivity contribution >= 4 is 11.6 Å². The zero-order valence-electron chi connectivity index (χ0n) is 7.39. The molecule has 0 bridgehead atoms. The fraction of sp³-hybridized carbons (Fsp3) is 0.400. The highest BCUT2D eigenvalue weighted by Gasteiger charge is 1.87. The fourth-order valence-corrected chi connectivity index (χ4v) is 0.970. The van der Waals surface area contributed by atoms with Gasteiger partial charge in [0.05, 0.1) is 0 Å². The highest BCUT2D eigenvalue weighted by molar-refractivity contribution is 6.30. The predicted octanol–water partition coefficient (Wildman–Crippen LogP) is 3.93. The Morgan fingerprint density at radius 3 is 2.27 bits per heavy atom. The molecule has 0 amide bonds. The lowest BCUT2D eigenvalue weighted by Gasteiger charge is -1.93. The molecule has 1 rings (SSSR count). The lowest BCUT2D eigenvalue weighted by molar-refractivity contribution is 1.14. The van der Waals surface area contributed by atoms with E-state index < -0.39 is 0 Å². The van der Waals surface area contributed by atoms with E-state index in [0.717, 1.165) is 11.4 Å². The molecule has 0 spiro atoms. The fourth-order valence-electron chi connectivity index (χ4n) is 0.757. The molecule has 0 fully saturated rings. The number of aryl methyl sites for hydroxylation is 1. The van der Waals surface area contributed by atoms with E-state index in [-0.39, 0.29) is 0 Å². The molecule has 0 atom stereocenters. The Balaban J connectivity index is 0.000000461. The van der Waals surface area contributed by atoms with E-state index in [0.29, 0.717) is 0 Å². The van der Waals surface area contributed by atoms with Crippen LogP contribution in [0.5, 0.6) is 0 Å². The first-order valence-corrected chi connectivity index (χ1v) is 4.45. The first-order valence-electron chi connectivity index (χ1n) is 4.07. The summed E-state index contributed by atoms with van der Waals surface area (Å²) in [5, 5.41) is 0.828. The Hall–Kier alpha value is -0.490. The Morgan fingerprint density at radius 2 is 1.91 bits per heavy atom. The van der Waals surface area contributed by atoms with Crippen molar-refractivity contribution in [1.82, 2.24) is 0 Å². The molecule has 0 aliphatic carbocycles. The molecule has 0 aromatic heterocycles. The van der Waals surface area contributed by atoms with Gasteiger partial charge < -0.3 is 0 Å². The van der Waals surface area contributed by atoms with E-state index in [2.05, 4.69) is 13.0 Å². The van der Waals surface area contributed by atoms with Gasteiger partial charge in [-0.1, -0.05) is 44.5 Å². The minimum absolute atomic E-state index is 0.828. The molecule has 0 aliphatic heterocycles. The van der Waals surface area contributed by atoms with E-state index in [4.69, 9.17) is 11.6 Å². The zero-order chi connectivity index (χ0) is 8.69. The predicted molar refractivity (Wildman–Crippen MR) is 52.2 cm³/mol. The number of benzene rings is 1. The van der Waals surface area contributed by atoms with Gasteiger partial charge >= 0.3 is 0 Å². The van der Waals surface area contributed by atoms with Crippen LogP contribution in [0.3, 0.4) is 0 Å². The second kappa shape index (κ2) is 6.23. The highest BCUT2D eigenvalue weighted by atomic mass is 35.5. The van der Waals surface area contributed by atoms with Gasteiger partial charge in [-0.05, 0) is 24.1 Å². The van der Waals surface area contributed by atoms with Crippen LogP contribution >= 0.6 is 11.6 Å². The summed E-state index contributed by atoms with van der Waals surface area (Å²) in [6.07, 6.45) is 1.06. The average molecular weight is 171 g/mol. The summed E-state index contributed by atoms with van der Waals surface area (Å²) in [4.78, 5) is 0. The summed E-state index contributed by atoms with van der Waals surface area (Å²) in [6, 6.07) is 7.93. The topological polar surface area (TPSA) is 0 Å². The minimum Gasteiger partial charge on any atom is -0.0843 e. The third-order valence-corrected chi connectivity index (χ3v) is 1.53. The van der Waals surface area contributed by atoms with Gasteiger partial charge in [0.2, 0.25) is 0 Å². The van der Waals surface area contributed by atoms with Gasteiger partial charge in [0.1, 0.15) is 0 Å². The molecule has 0 nitrogen and oxygen atoms in total. The summed E-state index contributed by atoms with van der Waals surface area (Å²) >= 11 is 5.72. The standard InChI is InChI=1S/C8H9Cl.C2H6/c1-2-7-4-3-5-8(9)6-7;1-2/h3-6H,2H2,1H3;1-2H3. The second-order valence-corrected chi connectivity index (χ2v) is 2.42. The van der Waals surface area contributed by atoms with Crippen LogP contribution in [0.1, 0.15) is 26.3 Å². The van der Waals surface area contributed by atoms with Crippen LogP contribution in [0.25, 0.3) is 0 Å². The van der Waals surface area contributed by atoms with E-state index in [9.17, 15) is 0 Å². The van der Waals surface area contributed by atoms with Crippen LogP contribution in [0.4, 0.5) is 0 Å². The maximum Gasteiger partial charge on any atom is 0.0408 e. The van der Waals surface area contributed by atoms with Crippen molar-refractivity contribution in [3.8, 4) is 0 Å². The maximum atomic E-state index is 5.72. The Labute approximate surface area is 74.2 Å². The molecule has 11 heavy (non-hydrogen) atoms. The van der Waals surface area contributed by atoms with Crippen LogP contribution in [0.2, 0.25) is 5.02 Å². The highest BCUT2D eigenvalue weighted by Crippen LogP contribution is 2.10. The number of hydrogen-bond acceptors (Lipinski definition) is 0. The van der Waals surface area contributed by atoms with Crippen LogP contribution in [-0.4, -0.2) is 0 Å². The lowest BCUT2D eigenvalue weighted by Crippen LogP contribution is -1.76. The summed E-state index contributed by atoms with van der Waals surface area (Å²) in [7, 11) is 0. The van der Waals surface area contributed by atoms with Gasteiger partial charge in [-0.3, -0.25) is 0 Å². The summed E-state index contributed by atoms with van der Waals surface area (Å²) in [6.45, 7) is 6.12. The first kappa shape index (κ1) is 10.5. The largest absolute Gasteiger partial charge is 0.0843 e. The molecule has 0 N–H and O–H groups in total. The molecule has 1 aromatic carbocycles. The van der Waals surface area contributed by atoms with Gasteiger partial charge in [-0.25, -0.2) is 0 Å². The molecule has 0 heterocycles. The summed E-state index contributed by atoms with van der Waals surface area (Å²) in [5.41, 5.74) is 1.29. The Bertz CT molecular complexity index is 194. The third kappa shape index (κ3) is 4.05. The molecule has 62 valence electrons. The molecule has 0 saturated carbocycles. The zero-order valence-corrected chi connectivity index (χ0v) is 8.15. The van der Waals surface area contributed by atoms with E-state index in [1.807, 2.05) is 32.0 Å². The Morgan fingerprint density at radius 1 is 1.27 bits per heavy atom. The average Bonchev–Trinajstić information content (AvgIpc) is 2.08. The first-order chi connectivity index (χ1) is 5.33. The van der Waals surface area contributed by atoms with Gasteiger partial charge in [0, 0.05) is 5.02 Å². The molecule has 0 radical (unpaired) electrons. The van der Waals surface area contributed by atoms with Gasteiger partial charge in [-0.15, -0.1) is 0 Å². The summed E-state index contributed by atoms with van der Waals surface area (Å²) in [5.74, 6) is 0. The van der Waals surface area contributed by atoms with E-state index in [1.165, 1.54) is 5.56 Å². The van der Waals surface area contributed by atoms with Crippen LogP contribution in [-0.2, 0) is 6.42 Å². The molecular formula is C10H15Cl. The van der Waals surface area contributed by atoms with Gasteiger partial charge in [0.25, 0.3) is 0 Å². The molecule has 0 saturated heterocycles. The maximum absolute atomic E-state index is 5.72. The van der Waals surface area contributed by atoms with E-state index >= 15 is 0 Å². The SMILES string of the molecule is CC.CCc1cccc(Cl)c1. The van der Waals surface area contributed by atoms with Crippen LogP contribution < -0.4 is 0 Å². The van der Waals surface area contributed by atoms with Crippen LogP contribution in [0, 0.1) is 0 Å². The van der Waals surface area contributed by atoms with Crippen LogP contribution in [0.15, 0.2) is 24.3 Å². The number of rotatable bonds is 1. The molecular weight excluding hydrogens is 156 g/mol. The molecule has 1 aromatic rings. The molecule has 1 heteroatoms.